The number of hydrogen-bond donors (Lipinski definition) is 5. The van der Waals surface area contributed by atoms with Crippen LogP contribution in [0.4, 0.5) is 0 Å². The Kier molecular flexibility index (Phi) is 17.6. The van der Waals surface area contributed by atoms with E-state index in [1.165, 1.54) is 39.8 Å². The van der Waals surface area contributed by atoms with Gasteiger partial charge in [-0.2, -0.15) is 0 Å². The molecule has 5 N–H and O–H groups in total. The Bertz CT molecular complexity index is 1470. The molecule has 324 valence electrons. The molecule has 0 amide bonds. The summed E-state index contributed by atoms with van der Waals surface area (Å²) in [6.07, 6.45) is 6.02. The lowest BCUT2D eigenvalue weighted by atomic mass is 9.72. The van der Waals surface area contributed by atoms with Gasteiger partial charge in [0.15, 0.2) is 11.6 Å². The summed E-state index contributed by atoms with van der Waals surface area (Å²) >= 11 is 0. The van der Waals surface area contributed by atoms with Crippen molar-refractivity contribution in [1.29, 1.82) is 0 Å². The van der Waals surface area contributed by atoms with E-state index < -0.39 is 107 Å². The topological polar surface area (TPSA) is 197 Å². The number of ketones is 3. The zero-order valence-electron chi connectivity index (χ0n) is 36.0. The molecule has 12 heteroatoms. The Labute approximate surface area is 340 Å². The molecule has 0 radical (unpaired) electrons. The lowest BCUT2D eigenvalue weighted by Crippen LogP contribution is -2.67. The van der Waals surface area contributed by atoms with Crippen molar-refractivity contribution < 1.29 is 58.9 Å². The van der Waals surface area contributed by atoms with Crippen LogP contribution in [0.15, 0.2) is 36.5 Å². The van der Waals surface area contributed by atoms with Crippen LogP contribution < -0.4 is 0 Å². The molecule has 1 spiro atoms. The van der Waals surface area contributed by atoms with Crippen LogP contribution in [-0.4, -0.2) is 103 Å². The first-order chi connectivity index (χ1) is 26.5. The summed E-state index contributed by atoms with van der Waals surface area (Å²) in [5.41, 5.74) is -2.21. The van der Waals surface area contributed by atoms with Crippen molar-refractivity contribution in [2.24, 2.45) is 53.3 Å². The molecular formula is C45H72O12. The van der Waals surface area contributed by atoms with Crippen LogP contribution in [0, 0.1) is 53.3 Å². The summed E-state index contributed by atoms with van der Waals surface area (Å²) in [6.45, 7) is 18.4. The second-order valence-corrected chi connectivity index (χ2v) is 17.9. The van der Waals surface area contributed by atoms with Crippen molar-refractivity contribution in [2.45, 2.75) is 169 Å². The summed E-state index contributed by atoms with van der Waals surface area (Å²) < 4.78 is 19.6. The van der Waals surface area contributed by atoms with E-state index in [2.05, 4.69) is 6.92 Å². The van der Waals surface area contributed by atoms with Gasteiger partial charge >= 0.3 is 5.97 Å². The van der Waals surface area contributed by atoms with Gasteiger partial charge in [0, 0.05) is 42.1 Å². The Morgan fingerprint density at radius 1 is 0.842 bits per heavy atom. The molecule has 0 aromatic heterocycles. The van der Waals surface area contributed by atoms with E-state index in [9.17, 15) is 44.7 Å². The molecule has 0 aromatic rings. The first-order valence-electron chi connectivity index (χ1n) is 21.1. The van der Waals surface area contributed by atoms with Crippen molar-refractivity contribution >= 4 is 23.3 Å². The molecule has 3 rings (SSSR count). The minimum atomic E-state index is -2.21. The second kappa shape index (κ2) is 20.6. The molecule has 18 atom stereocenters. The molecule has 0 saturated carbocycles. The number of ether oxygens (including phenoxy) is 3. The standard InChI is InChI=1S/C45H72O12/c1-12-33-41-29(7)34(56-45(33)36(47)22-27(5)35(57-45)23-28(6)46)20-18-24(2)16-14-13-15-17-26(4)42(52)44(11,54)43(53)32(10)40(51)31(9)39(50)30(8)38(49)25(3)19-21-37(48)55-41/h13-16,19,21,24-35,38,40-42,46,49,51-52,54H,12,17-18,20,22-23H2,1-11H3/b15-13-,16-14-,21-19-. The number of aliphatic hydroxyl groups is 5. The van der Waals surface area contributed by atoms with Gasteiger partial charge in [-0.25, -0.2) is 4.79 Å². The highest BCUT2D eigenvalue weighted by molar-refractivity contribution is 5.91. The minimum Gasteiger partial charge on any atom is -0.458 e. The van der Waals surface area contributed by atoms with E-state index in [1.807, 2.05) is 45.1 Å². The average molecular weight is 805 g/mol. The summed E-state index contributed by atoms with van der Waals surface area (Å²) in [4.78, 5) is 54.7. The summed E-state index contributed by atoms with van der Waals surface area (Å²) in [7, 11) is 0. The third kappa shape index (κ3) is 11.4. The Morgan fingerprint density at radius 2 is 1.47 bits per heavy atom. The van der Waals surface area contributed by atoms with E-state index >= 15 is 0 Å². The van der Waals surface area contributed by atoms with Crippen LogP contribution in [-0.2, 0) is 33.4 Å². The average Bonchev–Trinajstić information content (AvgIpc) is 3.16. The lowest BCUT2D eigenvalue weighted by Gasteiger charge is -2.54. The molecule has 3 aliphatic heterocycles. The molecule has 2 bridgehead atoms. The first kappa shape index (κ1) is 48.8. The summed E-state index contributed by atoms with van der Waals surface area (Å²) in [6, 6.07) is 0. The third-order valence-electron chi connectivity index (χ3n) is 13.1. The summed E-state index contributed by atoms with van der Waals surface area (Å²) in [5.74, 6) is -9.51. The maximum absolute atomic E-state index is 14.1. The number of aliphatic hydroxyl groups excluding tert-OH is 4. The van der Waals surface area contributed by atoms with Gasteiger partial charge in [0.05, 0.1) is 42.5 Å². The number of Topliss-reactive ketones (excluding diaryl/α,β-unsaturated/α-hetero) is 3. The molecule has 57 heavy (non-hydrogen) atoms. The highest BCUT2D eigenvalue weighted by atomic mass is 16.7. The quantitative estimate of drug-likeness (QED) is 0.238. The number of carbonyl (C=O) groups is 4. The highest BCUT2D eigenvalue weighted by Crippen LogP contribution is 2.48. The van der Waals surface area contributed by atoms with Gasteiger partial charge in [-0.3, -0.25) is 14.4 Å². The number of fused-ring (bicyclic) bond motifs is 2. The zero-order chi connectivity index (χ0) is 43.2. The van der Waals surface area contributed by atoms with Crippen molar-refractivity contribution in [3.63, 3.8) is 0 Å². The number of rotatable bonds is 3. The SMILES string of the molecule is CCC1C2OC(=O)/C=C\C(C)C(O)C(C)C(=O)C(C)C(O)C(C)C(=O)C(C)(O)C(O)C(C)C/C=C\C=C/C(C)CCC(OC13OC(CC(C)O)C(C)CC3=O)C2C. The van der Waals surface area contributed by atoms with E-state index in [-0.39, 0.29) is 30.0 Å². The largest absolute Gasteiger partial charge is 0.458 e. The van der Waals surface area contributed by atoms with Crippen LogP contribution in [0.1, 0.15) is 115 Å². The van der Waals surface area contributed by atoms with Gasteiger partial charge < -0.3 is 39.7 Å². The Morgan fingerprint density at radius 3 is 2.09 bits per heavy atom. The molecule has 2 saturated heterocycles. The fourth-order valence-corrected chi connectivity index (χ4v) is 8.95. The Balaban J connectivity index is 2.02. The van der Waals surface area contributed by atoms with Crippen LogP contribution in [0.5, 0.6) is 0 Å². The van der Waals surface area contributed by atoms with E-state index in [0.29, 0.717) is 32.1 Å². The summed E-state index contributed by atoms with van der Waals surface area (Å²) in [5, 5.41) is 55.0. The van der Waals surface area contributed by atoms with Gasteiger partial charge in [-0.15, -0.1) is 0 Å². The first-order valence-corrected chi connectivity index (χ1v) is 21.1. The minimum absolute atomic E-state index is 0.0811. The van der Waals surface area contributed by atoms with Crippen molar-refractivity contribution in [3.8, 4) is 0 Å². The maximum Gasteiger partial charge on any atom is 0.330 e. The maximum atomic E-state index is 14.1. The molecule has 0 aliphatic carbocycles. The molecule has 12 nitrogen and oxygen atoms in total. The van der Waals surface area contributed by atoms with Gasteiger partial charge in [-0.1, -0.05) is 92.7 Å². The van der Waals surface area contributed by atoms with Gasteiger partial charge in [0.25, 0.3) is 0 Å². The van der Waals surface area contributed by atoms with Crippen LogP contribution in [0.25, 0.3) is 0 Å². The molecule has 0 aromatic carbocycles. The number of hydrogen-bond acceptors (Lipinski definition) is 12. The Hall–Kier alpha value is -2.58. The molecular weight excluding hydrogens is 732 g/mol. The third-order valence-corrected chi connectivity index (χ3v) is 13.1. The van der Waals surface area contributed by atoms with Gasteiger partial charge in [-0.05, 0) is 63.7 Å². The van der Waals surface area contributed by atoms with E-state index in [4.69, 9.17) is 14.2 Å². The lowest BCUT2D eigenvalue weighted by molar-refractivity contribution is -0.347. The van der Waals surface area contributed by atoms with Gasteiger partial charge in [0.2, 0.25) is 5.79 Å². The second-order valence-electron chi connectivity index (χ2n) is 17.9. The van der Waals surface area contributed by atoms with Crippen LogP contribution in [0.3, 0.4) is 0 Å². The monoisotopic (exact) mass is 805 g/mol. The number of esters is 1. The molecule has 3 heterocycles. The van der Waals surface area contributed by atoms with E-state index in [0.717, 1.165) is 0 Å². The van der Waals surface area contributed by atoms with Crippen molar-refractivity contribution in [2.75, 3.05) is 0 Å². The van der Waals surface area contributed by atoms with E-state index in [1.54, 1.807) is 20.8 Å². The van der Waals surface area contributed by atoms with Gasteiger partial charge in [0.1, 0.15) is 17.5 Å². The van der Waals surface area contributed by atoms with Crippen molar-refractivity contribution in [3.05, 3.63) is 36.5 Å². The fourth-order valence-electron chi connectivity index (χ4n) is 8.95. The highest BCUT2D eigenvalue weighted by Gasteiger charge is 2.61. The number of carbonyl (C=O) groups excluding carboxylic acids is 4. The molecule has 3 aliphatic rings. The predicted octanol–water partition coefficient (Wildman–Crippen LogP) is 5.06. The smallest absolute Gasteiger partial charge is 0.330 e. The predicted molar refractivity (Wildman–Crippen MR) is 215 cm³/mol. The van der Waals surface area contributed by atoms with Crippen molar-refractivity contribution in [1.82, 2.24) is 0 Å². The normalized spacial score (nSPS) is 46.2. The molecule has 18 unspecified atom stereocenters. The number of allylic oxidation sites excluding steroid dienone is 4. The fraction of sp³-hybridized carbons (Fsp3) is 0.778. The van der Waals surface area contributed by atoms with Crippen LogP contribution in [0.2, 0.25) is 0 Å². The van der Waals surface area contributed by atoms with Crippen LogP contribution >= 0.6 is 0 Å². The molecule has 2 fully saturated rings. The zero-order valence-corrected chi connectivity index (χ0v) is 36.0.